The summed E-state index contributed by atoms with van der Waals surface area (Å²) >= 11 is 0. The molecule has 1 saturated heterocycles. The molecule has 4 heteroatoms. The van der Waals surface area contributed by atoms with Crippen molar-refractivity contribution in [1.29, 1.82) is 0 Å². The van der Waals surface area contributed by atoms with Gasteiger partial charge in [0, 0.05) is 5.92 Å². The Morgan fingerprint density at radius 2 is 1.94 bits per heavy atom. The first-order valence-electron chi connectivity index (χ1n) is 5.95. The fourth-order valence-electron chi connectivity index (χ4n) is 2.93. The quantitative estimate of drug-likeness (QED) is 0.588. The second-order valence-corrected chi connectivity index (χ2v) is 5.14. The van der Waals surface area contributed by atoms with Crippen LogP contribution in [0.15, 0.2) is 30.3 Å². The van der Waals surface area contributed by atoms with Crippen molar-refractivity contribution in [1.82, 2.24) is 4.90 Å². The molecule has 0 aromatic heterocycles. The van der Waals surface area contributed by atoms with Gasteiger partial charge < -0.3 is 4.79 Å². The Hall–Kier alpha value is -1.97. The highest BCUT2D eigenvalue weighted by atomic mass is 16.2. The summed E-state index contributed by atoms with van der Waals surface area (Å²) in [6.45, 7) is 2.01. The van der Waals surface area contributed by atoms with Crippen molar-refractivity contribution in [2.24, 2.45) is 17.3 Å². The summed E-state index contributed by atoms with van der Waals surface area (Å²) in [6.07, 6.45) is 0.736. The Kier molecular flexibility index (Phi) is 2.17. The molecule has 0 N–H and O–H groups in total. The summed E-state index contributed by atoms with van der Waals surface area (Å²) in [6, 6.07) is 9.39. The highest BCUT2D eigenvalue weighted by Gasteiger charge is 2.76. The van der Waals surface area contributed by atoms with Gasteiger partial charge in [-0.05, 0) is 12.5 Å². The lowest BCUT2D eigenvalue weighted by Gasteiger charge is -2.19. The summed E-state index contributed by atoms with van der Waals surface area (Å²) in [7, 11) is 0. The van der Waals surface area contributed by atoms with Gasteiger partial charge in [-0.3, -0.25) is 14.5 Å². The summed E-state index contributed by atoms with van der Waals surface area (Å²) in [5.74, 6) is -1.25. The van der Waals surface area contributed by atoms with E-state index in [0.717, 1.165) is 11.8 Å². The summed E-state index contributed by atoms with van der Waals surface area (Å²) in [4.78, 5) is 36.4. The minimum absolute atomic E-state index is 0.205. The molecule has 4 nitrogen and oxygen atoms in total. The molecule has 0 bridgehead atoms. The van der Waals surface area contributed by atoms with Gasteiger partial charge in [-0.15, -0.1) is 0 Å². The van der Waals surface area contributed by atoms with Crippen molar-refractivity contribution < 1.29 is 14.4 Å². The molecule has 3 atom stereocenters. The standard InChI is InChI=1S/C14H13NO3/c1-14-10(8-16)11(14)12(17)15(13(14)18)7-9-5-3-2-4-6-9/h2-6,8,10-11H,7H2,1H3. The number of imide groups is 1. The Labute approximate surface area is 105 Å². The second-order valence-electron chi connectivity index (χ2n) is 5.14. The van der Waals surface area contributed by atoms with Crippen LogP contribution in [-0.2, 0) is 20.9 Å². The lowest BCUT2D eigenvalue weighted by Crippen LogP contribution is -2.36. The number of likely N-dealkylation sites (tertiary alicyclic amines) is 1. The summed E-state index contributed by atoms with van der Waals surface area (Å²) in [5, 5.41) is 0. The third-order valence-electron chi connectivity index (χ3n) is 4.16. The van der Waals surface area contributed by atoms with E-state index in [1.807, 2.05) is 30.3 Å². The van der Waals surface area contributed by atoms with E-state index in [-0.39, 0.29) is 11.8 Å². The van der Waals surface area contributed by atoms with Crippen molar-refractivity contribution in [3.05, 3.63) is 35.9 Å². The first-order valence-corrected chi connectivity index (χ1v) is 5.95. The minimum Gasteiger partial charge on any atom is -0.303 e. The molecule has 3 unspecified atom stereocenters. The maximum atomic E-state index is 12.2. The first kappa shape index (κ1) is 11.1. The van der Waals surface area contributed by atoms with Crippen LogP contribution in [0.2, 0.25) is 0 Å². The third kappa shape index (κ3) is 1.23. The van der Waals surface area contributed by atoms with E-state index in [9.17, 15) is 14.4 Å². The SMILES string of the molecule is CC12C(=O)N(Cc3ccccc3)C(=O)C1C2C=O. The van der Waals surface area contributed by atoms with Gasteiger partial charge in [0.15, 0.2) is 0 Å². The van der Waals surface area contributed by atoms with Crippen LogP contribution in [0.4, 0.5) is 0 Å². The van der Waals surface area contributed by atoms with Crippen molar-refractivity contribution in [3.63, 3.8) is 0 Å². The van der Waals surface area contributed by atoms with E-state index in [2.05, 4.69) is 0 Å². The van der Waals surface area contributed by atoms with E-state index in [4.69, 9.17) is 0 Å². The van der Waals surface area contributed by atoms with Crippen LogP contribution in [-0.4, -0.2) is 23.0 Å². The van der Waals surface area contributed by atoms with Gasteiger partial charge >= 0.3 is 0 Å². The zero-order chi connectivity index (χ0) is 12.9. The third-order valence-corrected chi connectivity index (χ3v) is 4.16. The molecule has 1 aromatic rings. The van der Waals surface area contributed by atoms with Gasteiger partial charge in [-0.1, -0.05) is 30.3 Å². The molecule has 1 aliphatic carbocycles. The highest BCUT2D eigenvalue weighted by molar-refractivity contribution is 6.14. The molecule has 1 aliphatic heterocycles. The Balaban J connectivity index is 1.83. The van der Waals surface area contributed by atoms with E-state index in [1.54, 1.807) is 6.92 Å². The van der Waals surface area contributed by atoms with Gasteiger partial charge in [0.25, 0.3) is 0 Å². The van der Waals surface area contributed by atoms with Crippen LogP contribution in [0, 0.1) is 17.3 Å². The van der Waals surface area contributed by atoms with Crippen LogP contribution in [0.1, 0.15) is 12.5 Å². The number of aldehydes is 1. The smallest absolute Gasteiger partial charge is 0.237 e. The lowest BCUT2D eigenvalue weighted by atomic mass is 10.1. The molecule has 2 fully saturated rings. The van der Waals surface area contributed by atoms with Crippen LogP contribution in [0.3, 0.4) is 0 Å². The molecule has 18 heavy (non-hydrogen) atoms. The summed E-state index contributed by atoms with van der Waals surface area (Å²) < 4.78 is 0. The monoisotopic (exact) mass is 243 g/mol. The molecule has 3 rings (SSSR count). The highest BCUT2D eigenvalue weighted by Crippen LogP contribution is 2.63. The van der Waals surface area contributed by atoms with Gasteiger partial charge in [-0.25, -0.2) is 0 Å². The lowest BCUT2D eigenvalue weighted by molar-refractivity contribution is -0.145. The van der Waals surface area contributed by atoms with Gasteiger partial charge in [0.1, 0.15) is 6.29 Å². The fraction of sp³-hybridized carbons (Fsp3) is 0.357. The Morgan fingerprint density at radius 1 is 1.28 bits per heavy atom. The number of carbonyl (C=O) groups excluding carboxylic acids is 3. The van der Waals surface area contributed by atoms with Crippen molar-refractivity contribution in [3.8, 4) is 0 Å². The predicted octanol–water partition coefficient (Wildman–Crippen LogP) is 1.01. The van der Waals surface area contributed by atoms with Crippen LogP contribution in [0.5, 0.6) is 0 Å². The molecule has 92 valence electrons. The van der Waals surface area contributed by atoms with Gasteiger partial charge in [0.2, 0.25) is 11.8 Å². The van der Waals surface area contributed by atoms with E-state index < -0.39 is 17.3 Å². The topological polar surface area (TPSA) is 54.5 Å². The molecule has 2 aliphatic rings. The molecule has 0 spiro atoms. The number of benzene rings is 1. The van der Waals surface area contributed by atoms with Crippen molar-refractivity contribution >= 4 is 18.1 Å². The number of piperidine rings is 1. The van der Waals surface area contributed by atoms with Crippen LogP contribution in [0.25, 0.3) is 0 Å². The van der Waals surface area contributed by atoms with Crippen molar-refractivity contribution in [2.75, 3.05) is 0 Å². The number of hydrogen-bond acceptors (Lipinski definition) is 3. The van der Waals surface area contributed by atoms with Gasteiger partial charge in [0.05, 0.1) is 17.9 Å². The Bertz CT molecular complexity index is 539. The molecule has 2 amide bonds. The molecule has 1 saturated carbocycles. The van der Waals surface area contributed by atoms with E-state index in [0.29, 0.717) is 6.54 Å². The number of amides is 2. The van der Waals surface area contributed by atoms with Gasteiger partial charge in [-0.2, -0.15) is 0 Å². The molecular weight excluding hydrogens is 230 g/mol. The van der Waals surface area contributed by atoms with E-state index >= 15 is 0 Å². The van der Waals surface area contributed by atoms with Crippen LogP contribution >= 0.6 is 0 Å². The zero-order valence-electron chi connectivity index (χ0n) is 10.00. The largest absolute Gasteiger partial charge is 0.303 e. The predicted molar refractivity (Wildman–Crippen MR) is 63.2 cm³/mol. The maximum absolute atomic E-state index is 12.2. The average Bonchev–Trinajstić information content (AvgIpc) is 2.96. The minimum atomic E-state index is -0.770. The fourth-order valence-corrected chi connectivity index (χ4v) is 2.93. The normalized spacial score (nSPS) is 33.5. The number of carbonyl (C=O) groups is 3. The average molecular weight is 243 g/mol. The zero-order valence-corrected chi connectivity index (χ0v) is 10.00. The number of nitrogens with zero attached hydrogens (tertiary/aromatic N) is 1. The van der Waals surface area contributed by atoms with Crippen molar-refractivity contribution in [2.45, 2.75) is 13.5 Å². The molecule has 0 radical (unpaired) electrons. The first-order chi connectivity index (χ1) is 8.60. The second kappa shape index (κ2) is 3.51. The maximum Gasteiger partial charge on any atom is 0.237 e. The van der Waals surface area contributed by atoms with Crippen LogP contribution < -0.4 is 0 Å². The van der Waals surface area contributed by atoms with E-state index in [1.165, 1.54) is 4.90 Å². The molecule has 1 heterocycles. The number of rotatable bonds is 3. The number of fused-ring (bicyclic) bond motifs is 1. The number of hydrogen-bond donors (Lipinski definition) is 0. The molecular formula is C14H13NO3. The Morgan fingerprint density at radius 3 is 2.44 bits per heavy atom. The molecule has 1 aromatic carbocycles. The summed E-state index contributed by atoms with van der Waals surface area (Å²) in [5.41, 5.74) is 0.153.